The van der Waals surface area contributed by atoms with Crippen LogP contribution in [0.25, 0.3) is 0 Å². The Morgan fingerprint density at radius 3 is 2.48 bits per heavy atom. The first kappa shape index (κ1) is 15.1. The molecule has 0 radical (unpaired) electrons. The lowest BCUT2D eigenvalue weighted by Crippen LogP contribution is -2.36. The van der Waals surface area contributed by atoms with E-state index in [1.165, 1.54) is 0 Å². The number of esters is 1. The van der Waals surface area contributed by atoms with Crippen LogP contribution in [-0.2, 0) is 21.4 Å². The summed E-state index contributed by atoms with van der Waals surface area (Å²) in [7, 11) is 0. The summed E-state index contributed by atoms with van der Waals surface area (Å²) >= 11 is 0. The van der Waals surface area contributed by atoms with Crippen LogP contribution in [0, 0.1) is 0 Å². The summed E-state index contributed by atoms with van der Waals surface area (Å²) in [6.45, 7) is 4.10. The van der Waals surface area contributed by atoms with E-state index < -0.39 is 5.41 Å². The number of benzene rings is 2. The van der Waals surface area contributed by atoms with Gasteiger partial charge in [-0.3, -0.25) is 4.79 Å². The molecular formula is C18H21NO2. The lowest BCUT2D eigenvalue weighted by atomic mass is 9.77. The first-order chi connectivity index (χ1) is 10.1. The van der Waals surface area contributed by atoms with Gasteiger partial charge < -0.3 is 10.5 Å². The summed E-state index contributed by atoms with van der Waals surface area (Å²) in [5, 5.41) is 0. The van der Waals surface area contributed by atoms with Crippen molar-refractivity contribution in [1.29, 1.82) is 0 Å². The van der Waals surface area contributed by atoms with Crippen LogP contribution >= 0.6 is 0 Å². The van der Waals surface area contributed by atoms with Crippen LogP contribution in [0.3, 0.4) is 0 Å². The Bertz CT molecular complexity index is 610. The van der Waals surface area contributed by atoms with E-state index in [-0.39, 0.29) is 5.97 Å². The molecule has 0 aromatic heterocycles. The minimum atomic E-state index is -0.743. The largest absolute Gasteiger partial charge is 0.465 e. The highest BCUT2D eigenvalue weighted by Crippen LogP contribution is 2.31. The van der Waals surface area contributed by atoms with Crippen LogP contribution < -0.4 is 5.73 Å². The number of rotatable bonds is 5. The van der Waals surface area contributed by atoms with Crippen LogP contribution in [0.5, 0.6) is 0 Å². The predicted molar refractivity (Wildman–Crippen MR) is 85.0 cm³/mol. The standard InChI is InChI=1S/C18H21NO2/c1-3-21-17(20)18(2,13-14-8-5-4-6-9-14)15-10-7-11-16(19)12-15/h4-12H,3,13,19H2,1-2H3. The average molecular weight is 283 g/mol. The Morgan fingerprint density at radius 1 is 1.14 bits per heavy atom. The van der Waals surface area contributed by atoms with Crippen molar-refractivity contribution in [3.05, 3.63) is 65.7 Å². The Balaban J connectivity index is 2.41. The first-order valence-electron chi connectivity index (χ1n) is 7.13. The number of hydrogen-bond donors (Lipinski definition) is 1. The Morgan fingerprint density at radius 2 is 1.86 bits per heavy atom. The number of anilines is 1. The molecule has 2 aromatic rings. The minimum absolute atomic E-state index is 0.223. The van der Waals surface area contributed by atoms with Crippen LogP contribution in [-0.4, -0.2) is 12.6 Å². The van der Waals surface area contributed by atoms with Crippen molar-refractivity contribution in [2.24, 2.45) is 0 Å². The number of hydrogen-bond acceptors (Lipinski definition) is 3. The summed E-state index contributed by atoms with van der Waals surface area (Å²) in [6.07, 6.45) is 0.579. The molecule has 0 aliphatic rings. The molecule has 1 unspecified atom stereocenters. The molecule has 2 rings (SSSR count). The molecule has 1 atom stereocenters. The molecular weight excluding hydrogens is 262 g/mol. The maximum absolute atomic E-state index is 12.5. The molecule has 21 heavy (non-hydrogen) atoms. The van der Waals surface area contributed by atoms with Gasteiger partial charge >= 0.3 is 5.97 Å². The van der Waals surface area contributed by atoms with Crippen LogP contribution in [0.4, 0.5) is 5.69 Å². The zero-order chi connectivity index (χ0) is 15.3. The molecule has 2 aromatic carbocycles. The molecule has 0 aliphatic carbocycles. The molecule has 0 aliphatic heterocycles. The number of nitrogens with two attached hydrogens (primary N) is 1. The van der Waals surface area contributed by atoms with E-state index in [2.05, 4.69) is 0 Å². The van der Waals surface area contributed by atoms with Crippen molar-refractivity contribution < 1.29 is 9.53 Å². The fourth-order valence-corrected chi connectivity index (χ4v) is 2.47. The molecule has 2 N–H and O–H groups in total. The third-order valence-electron chi connectivity index (χ3n) is 3.65. The Hall–Kier alpha value is -2.29. The number of nitrogen functional groups attached to an aromatic ring is 1. The van der Waals surface area contributed by atoms with Gasteiger partial charge in [0, 0.05) is 5.69 Å². The summed E-state index contributed by atoms with van der Waals surface area (Å²) in [5.74, 6) is -0.223. The zero-order valence-corrected chi connectivity index (χ0v) is 12.5. The zero-order valence-electron chi connectivity index (χ0n) is 12.5. The van der Waals surface area contributed by atoms with Gasteiger partial charge in [-0.1, -0.05) is 42.5 Å². The predicted octanol–water partition coefficient (Wildman–Crippen LogP) is 3.33. The molecule has 0 bridgehead atoms. The summed E-state index contributed by atoms with van der Waals surface area (Å²) in [6, 6.07) is 17.4. The van der Waals surface area contributed by atoms with Crippen LogP contribution in [0.2, 0.25) is 0 Å². The Kier molecular flexibility index (Phi) is 4.63. The van der Waals surface area contributed by atoms with Gasteiger partial charge in [0.25, 0.3) is 0 Å². The van der Waals surface area contributed by atoms with Gasteiger partial charge in [-0.15, -0.1) is 0 Å². The molecule has 0 fully saturated rings. The van der Waals surface area contributed by atoms with E-state index in [1.807, 2.05) is 68.4 Å². The highest BCUT2D eigenvalue weighted by Gasteiger charge is 2.37. The number of carbonyl (C=O) groups excluding carboxylic acids is 1. The van der Waals surface area contributed by atoms with E-state index in [9.17, 15) is 4.79 Å². The Labute approximate surface area is 125 Å². The van der Waals surface area contributed by atoms with Gasteiger partial charge in [0.2, 0.25) is 0 Å². The van der Waals surface area contributed by atoms with Gasteiger partial charge in [0.05, 0.1) is 12.0 Å². The SMILES string of the molecule is CCOC(=O)C(C)(Cc1ccccc1)c1cccc(N)c1. The molecule has 3 nitrogen and oxygen atoms in total. The maximum atomic E-state index is 12.5. The normalized spacial score (nSPS) is 13.4. The van der Waals surface area contributed by atoms with E-state index in [4.69, 9.17) is 10.5 Å². The highest BCUT2D eigenvalue weighted by molar-refractivity contribution is 5.83. The third kappa shape index (κ3) is 3.43. The smallest absolute Gasteiger partial charge is 0.316 e. The second-order valence-corrected chi connectivity index (χ2v) is 5.34. The molecule has 3 heteroatoms. The fourth-order valence-electron chi connectivity index (χ4n) is 2.47. The van der Waals surface area contributed by atoms with Crippen molar-refractivity contribution >= 4 is 11.7 Å². The summed E-state index contributed by atoms with van der Waals surface area (Å²) in [4.78, 5) is 12.5. The number of carbonyl (C=O) groups is 1. The topological polar surface area (TPSA) is 52.3 Å². The quantitative estimate of drug-likeness (QED) is 0.676. The van der Waals surface area contributed by atoms with E-state index in [0.29, 0.717) is 18.7 Å². The van der Waals surface area contributed by atoms with Crippen LogP contribution in [0.15, 0.2) is 54.6 Å². The second kappa shape index (κ2) is 6.44. The van der Waals surface area contributed by atoms with E-state index >= 15 is 0 Å². The third-order valence-corrected chi connectivity index (χ3v) is 3.65. The van der Waals surface area contributed by atoms with Crippen molar-refractivity contribution in [2.75, 3.05) is 12.3 Å². The lowest BCUT2D eigenvalue weighted by molar-refractivity contribution is -0.149. The van der Waals surface area contributed by atoms with Crippen molar-refractivity contribution in [1.82, 2.24) is 0 Å². The molecule has 0 heterocycles. The van der Waals surface area contributed by atoms with Crippen molar-refractivity contribution in [2.45, 2.75) is 25.7 Å². The minimum Gasteiger partial charge on any atom is -0.465 e. The maximum Gasteiger partial charge on any atom is 0.316 e. The van der Waals surface area contributed by atoms with Gasteiger partial charge in [0.15, 0.2) is 0 Å². The second-order valence-electron chi connectivity index (χ2n) is 5.34. The molecule has 0 saturated heterocycles. The first-order valence-corrected chi connectivity index (χ1v) is 7.13. The molecule has 0 spiro atoms. The molecule has 0 saturated carbocycles. The average Bonchev–Trinajstić information content (AvgIpc) is 2.48. The molecule has 110 valence electrons. The summed E-state index contributed by atoms with van der Waals surface area (Å²) in [5.41, 5.74) is 7.75. The lowest BCUT2D eigenvalue weighted by Gasteiger charge is -2.28. The van der Waals surface area contributed by atoms with Gasteiger partial charge in [-0.25, -0.2) is 0 Å². The van der Waals surface area contributed by atoms with Crippen molar-refractivity contribution in [3.8, 4) is 0 Å². The van der Waals surface area contributed by atoms with Crippen LogP contribution in [0.1, 0.15) is 25.0 Å². The van der Waals surface area contributed by atoms with Gasteiger partial charge in [0.1, 0.15) is 0 Å². The number of ether oxygens (including phenoxy) is 1. The van der Waals surface area contributed by atoms with Crippen molar-refractivity contribution in [3.63, 3.8) is 0 Å². The van der Waals surface area contributed by atoms with E-state index in [1.54, 1.807) is 0 Å². The fraction of sp³-hybridized carbons (Fsp3) is 0.278. The highest BCUT2D eigenvalue weighted by atomic mass is 16.5. The summed E-state index contributed by atoms with van der Waals surface area (Å²) < 4.78 is 5.29. The monoisotopic (exact) mass is 283 g/mol. The van der Waals surface area contributed by atoms with E-state index in [0.717, 1.165) is 11.1 Å². The van der Waals surface area contributed by atoms with Gasteiger partial charge in [-0.2, -0.15) is 0 Å². The molecule has 0 amide bonds. The van der Waals surface area contributed by atoms with Gasteiger partial charge in [-0.05, 0) is 43.5 Å².